The first kappa shape index (κ1) is 9.70. The second-order valence-electron chi connectivity index (χ2n) is 3.93. The largest absolute Gasteiger partial charge is 0.411 e. The van der Waals surface area contributed by atoms with Gasteiger partial charge in [0, 0.05) is 5.41 Å². The lowest BCUT2D eigenvalue weighted by molar-refractivity contribution is 0.308. The lowest BCUT2D eigenvalue weighted by atomic mass is 9.90. The monoisotopic (exact) mass is 182 g/mol. The zero-order valence-electron chi connectivity index (χ0n) is 8.10. The third kappa shape index (κ3) is 2.54. The minimum Gasteiger partial charge on any atom is -0.411 e. The van der Waals surface area contributed by atoms with E-state index in [0.717, 1.165) is 0 Å². The van der Waals surface area contributed by atoms with Gasteiger partial charge in [0.05, 0.1) is 12.3 Å². The molecule has 1 aromatic heterocycles. The first-order valence-electron chi connectivity index (χ1n) is 4.08. The van der Waals surface area contributed by atoms with Crippen molar-refractivity contribution >= 4 is 5.71 Å². The van der Waals surface area contributed by atoms with Gasteiger partial charge in [-0.1, -0.05) is 25.9 Å². The van der Waals surface area contributed by atoms with Gasteiger partial charge in [-0.3, -0.25) is 0 Å². The van der Waals surface area contributed by atoms with E-state index in [-0.39, 0.29) is 5.41 Å². The summed E-state index contributed by atoms with van der Waals surface area (Å²) in [7, 11) is 0. The Labute approximate surface area is 77.1 Å². The molecule has 1 rings (SSSR count). The molecule has 1 heterocycles. The number of hydrogen-bond acceptors (Lipinski definition) is 4. The summed E-state index contributed by atoms with van der Waals surface area (Å²) in [5.41, 5.74) is 0.561. The van der Waals surface area contributed by atoms with Crippen molar-refractivity contribution in [1.82, 2.24) is 14.8 Å². The number of rotatable bonds is 2. The highest BCUT2D eigenvalue weighted by Crippen LogP contribution is 2.16. The fourth-order valence-electron chi connectivity index (χ4n) is 0.895. The quantitative estimate of drug-likeness (QED) is 0.424. The predicted molar refractivity (Wildman–Crippen MR) is 48.7 cm³/mol. The highest BCUT2D eigenvalue weighted by atomic mass is 16.4. The number of aromatic nitrogens is 3. The van der Waals surface area contributed by atoms with E-state index in [2.05, 4.69) is 15.4 Å². The van der Waals surface area contributed by atoms with Crippen molar-refractivity contribution in [1.29, 1.82) is 0 Å². The van der Waals surface area contributed by atoms with E-state index in [1.165, 1.54) is 0 Å². The van der Waals surface area contributed by atoms with Crippen LogP contribution in [-0.2, 0) is 6.54 Å². The van der Waals surface area contributed by atoms with Crippen LogP contribution in [0.3, 0.4) is 0 Å². The van der Waals surface area contributed by atoms with Crippen molar-refractivity contribution in [3.05, 3.63) is 12.7 Å². The van der Waals surface area contributed by atoms with Crippen LogP contribution in [0.4, 0.5) is 0 Å². The predicted octanol–water partition coefficient (Wildman–Crippen LogP) is 1.15. The lowest BCUT2D eigenvalue weighted by Crippen LogP contribution is -2.25. The van der Waals surface area contributed by atoms with Gasteiger partial charge in [-0.05, 0) is 0 Å². The van der Waals surface area contributed by atoms with Crippen LogP contribution in [0.15, 0.2) is 17.8 Å². The van der Waals surface area contributed by atoms with Crippen molar-refractivity contribution in [2.75, 3.05) is 0 Å². The van der Waals surface area contributed by atoms with E-state index < -0.39 is 0 Å². The first-order chi connectivity index (χ1) is 6.04. The molecular formula is C8H14N4O. The Kier molecular flexibility index (Phi) is 2.65. The molecule has 13 heavy (non-hydrogen) atoms. The first-order valence-corrected chi connectivity index (χ1v) is 4.08. The molecule has 0 bridgehead atoms. The molecule has 0 unspecified atom stereocenters. The van der Waals surface area contributed by atoms with Gasteiger partial charge >= 0.3 is 0 Å². The molecule has 0 aromatic carbocycles. The van der Waals surface area contributed by atoms with Crippen molar-refractivity contribution in [3.63, 3.8) is 0 Å². The van der Waals surface area contributed by atoms with Crippen LogP contribution in [0.1, 0.15) is 20.8 Å². The third-order valence-corrected chi connectivity index (χ3v) is 1.79. The average molecular weight is 182 g/mol. The fraction of sp³-hybridized carbons (Fsp3) is 0.625. The smallest absolute Gasteiger partial charge is 0.119 e. The average Bonchev–Trinajstić information content (AvgIpc) is 2.49. The Morgan fingerprint density at radius 2 is 1.92 bits per heavy atom. The normalized spacial score (nSPS) is 13.3. The van der Waals surface area contributed by atoms with E-state index in [9.17, 15) is 0 Å². The molecule has 0 amide bonds. The van der Waals surface area contributed by atoms with Crippen LogP contribution in [0.2, 0.25) is 0 Å². The Balaban J connectivity index is 2.73. The molecule has 1 N–H and O–H groups in total. The summed E-state index contributed by atoms with van der Waals surface area (Å²) in [6, 6.07) is 0. The van der Waals surface area contributed by atoms with Crippen molar-refractivity contribution in [2.24, 2.45) is 10.6 Å². The van der Waals surface area contributed by atoms with Gasteiger partial charge in [-0.2, -0.15) is 0 Å². The maximum atomic E-state index is 8.79. The van der Waals surface area contributed by atoms with Gasteiger partial charge in [0.15, 0.2) is 0 Å². The number of oxime groups is 1. The molecule has 0 aliphatic carbocycles. The van der Waals surface area contributed by atoms with E-state index in [1.807, 2.05) is 20.8 Å². The van der Waals surface area contributed by atoms with Gasteiger partial charge in [-0.15, -0.1) is 10.2 Å². The van der Waals surface area contributed by atoms with Crippen LogP contribution in [-0.4, -0.2) is 25.7 Å². The molecule has 0 spiro atoms. The zero-order chi connectivity index (χ0) is 9.90. The molecule has 0 radical (unpaired) electrons. The minimum atomic E-state index is -0.140. The molecule has 0 saturated carbocycles. The highest BCUT2D eigenvalue weighted by molar-refractivity contribution is 5.88. The minimum absolute atomic E-state index is 0.140. The van der Waals surface area contributed by atoms with Gasteiger partial charge in [0.25, 0.3) is 0 Å². The molecule has 0 atom stereocenters. The molecule has 72 valence electrons. The van der Waals surface area contributed by atoms with Crippen LogP contribution in [0, 0.1) is 5.41 Å². The Hall–Kier alpha value is -1.39. The van der Waals surface area contributed by atoms with Crippen LogP contribution in [0.5, 0.6) is 0 Å². The van der Waals surface area contributed by atoms with E-state index in [0.29, 0.717) is 12.3 Å². The SMILES string of the molecule is CC(C)(C)/C(Cn1cnnc1)=N\O. The summed E-state index contributed by atoms with van der Waals surface area (Å²) in [5, 5.41) is 19.4. The molecule has 5 heteroatoms. The van der Waals surface area contributed by atoms with Crippen LogP contribution >= 0.6 is 0 Å². The Morgan fingerprint density at radius 3 is 2.31 bits per heavy atom. The molecule has 5 nitrogen and oxygen atoms in total. The fourth-order valence-corrected chi connectivity index (χ4v) is 0.895. The van der Waals surface area contributed by atoms with E-state index >= 15 is 0 Å². The second-order valence-corrected chi connectivity index (χ2v) is 3.93. The van der Waals surface area contributed by atoms with E-state index in [4.69, 9.17) is 5.21 Å². The van der Waals surface area contributed by atoms with E-state index in [1.54, 1.807) is 17.2 Å². The summed E-state index contributed by atoms with van der Waals surface area (Å²) >= 11 is 0. The number of nitrogens with zero attached hydrogens (tertiary/aromatic N) is 4. The lowest BCUT2D eigenvalue weighted by Gasteiger charge is -2.19. The summed E-state index contributed by atoms with van der Waals surface area (Å²) in [6.45, 7) is 6.50. The molecular weight excluding hydrogens is 168 g/mol. The molecule has 0 saturated heterocycles. The van der Waals surface area contributed by atoms with Gasteiger partial charge in [0.1, 0.15) is 12.7 Å². The summed E-state index contributed by atoms with van der Waals surface area (Å²) in [6.07, 6.45) is 3.19. The van der Waals surface area contributed by atoms with Gasteiger partial charge in [0.2, 0.25) is 0 Å². The number of hydrogen-bond donors (Lipinski definition) is 1. The summed E-state index contributed by atoms with van der Waals surface area (Å²) in [5.74, 6) is 0. The van der Waals surface area contributed by atoms with Gasteiger partial charge < -0.3 is 9.77 Å². The molecule has 0 fully saturated rings. The highest BCUT2D eigenvalue weighted by Gasteiger charge is 2.19. The summed E-state index contributed by atoms with van der Waals surface area (Å²) < 4.78 is 1.76. The molecule has 0 aliphatic heterocycles. The summed E-state index contributed by atoms with van der Waals surface area (Å²) in [4.78, 5) is 0. The molecule has 0 aliphatic rings. The van der Waals surface area contributed by atoms with Crippen LogP contribution < -0.4 is 0 Å². The Morgan fingerprint density at radius 1 is 1.38 bits per heavy atom. The topological polar surface area (TPSA) is 63.3 Å². The second kappa shape index (κ2) is 3.55. The van der Waals surface area contributed by atoms with Crippen LogP contribution in [0.25, 0.3) is 0 Å². The standard InChI is InChI=1S/C8H14N4O/c1-8(2,3)7(11-13)4-12-5-9-10-6-12/h5-6,13H,4H2,1-3H3/b11-7-. The molecule has 1 aromatic rings. The maximum absolute atomic E-state index is 8.79. The van der Waals surface area contributed by atoms with Crippen molar-refractivity contribution in [2.45, 2.75) is 27.3 Å². The van der Waals surface area contributed by atoms with Gasteiger partial charge in [-0.25, -0.2) is 0 Å². The van der Waals surface area contributed by atoms with Crippen molar-refractivity contribution < 1.29 is 5.21 Å². The maximum Gasteiger partial charge on any atom is 0.119 e. The zero-order valence-corrected chi connectivity index (χ0v) is 8.10. The third-order valence-electron chi connectivity index (χ3n) is 1.79. The Bertz CT molecular complexity index is 284. The van der Waals surface area contributed by atoms with Crippen molar-refractivity contribution in [3.8, 4) is 0 Å².